The van der Waals surface area contributed by atoms with Gasteiger partial charge in [0.25, 0.3) is 11.4 Å². The van der Waals surface area contributed by atoms with Crippen LogP contribution in [0, 0.1) is 45.7 Å². The molecule has 0 atom stereocenters. The van der Waals surface area contributed by atoms with Gasteiger partial charge in [-0.25, -0.2) is 18.8 Å². The Bertz CT molecular complexity index is 1520. The molecule has 0 unspecified atom stereocenters. The average molecular weight is 579 g/mol. The molecule has 0 saturated heterocycles. The normalized spacial score (nSPS) is 11.9. The molecule has 40 heavy (non-hydrogen) atoms. The average Bonchev–Trinajstić information content (AvgIpc) is 2.93. The number of nitro groups is 2. The molecule has 0 N–H and O–H groups in total. The summed E-state index contributed by atoms with van der Waals surface area (Å²) in [6, 6.07) is 19.9. The van der Waals surface area contributed by atoms with E-state index in [1.54, 1.807) is 26.0 Å². The maximum Gasteiger partial charge on any atom is 0.271 e. The SMILES string of the molecule is Cc1ccc([N+](=O)[O-])cc1N=C(SSC(=Nc1cc([N+](=O)[O-])ccc1C)c1ccc(F)cc1)c1ccc(F)cc1. The fourth-order valence-electron chi connectivity index (χ4n) is 3.41. The summed E-state index contributed by atoms with van der Waals surface area (Å²) in [7, 11) is 2.31. The second-order valence-electron chi connectivity index (χ2n) is 8.47. The van der Waals surface area contributed by atoms with Crippen LogP contribution in [-0.4, -0.2) is 19.9 Å². The quantitative estimate of drug-likeness (QED) is 0.0744. The van der Waals surface area contributed by atoms with Crippen LogP contribution < -0.4 is 0 Å². The molecule has 0 amide bonds. The van der Waals surface area contributed by atoms with Gasteiger partial charge in [0.15, 0.2) is 0 Å². The Hall–Kier alpha value is -4.42. The van der Waals surface area contributed by atoms with Crippen molar-refractivity contribution in [2.24, 2.45) is 9.98 Å². The summed E-state index contributed by atoms with van der Waals surface area (Å²) in [6.07, 6.45) is 0. The lowest BCUT2D eigenvalue weighted by Crippen LogP contribution is -1.99. The molecule has 4 aromatic rings. The smallest absolute Gasteiger partial charge is 0.258 e. The molecular weight excluding hydrogens is 558 g/mol. The number of aryl methyl sites for hydroxylation is 2. The molecule has 4 rings (SSSR count). The molecule has 202 valence electrons. The van der Waals surface area contributed by atoms with Crippen LogP contribution in [0.1, 0.15) is 22.3 Å². The maximum atomic E-state index is 13.7. The number of non-ortho nitro benzene ring substituents is 2. The molecule has 0 bridgehead atoms. The molecule has 4 aromatic carbocycles. The van der Waals surface area contributed by atoms with Crippen molar-refractivity contribution in [3.63, 3.8) is 0 Å². The molecule has 0 fully saturated rings. The van der Waals surface area contributed by atoms with Gasteiger partial charge in [-0.1, -0.05) is 12.1 Å². The number of hydrogen-bond acceptors (Lipinski definition) is 8. The van der Waals surface area contributed by atoms with Crippen molar-refractivity contribution >= 4 is 54.4 Å². The molecule has 0 aliphatic carbocycles. The van der Waals surface area contributed by atoms with Gasteiger partial charge in [0, 0.05) is 35.4 Å². The zero-order chi connectivity index (χ0) is 28.8. The Morgan fingerprint density at radius 1 is 0.625 bits per heavy atom. The first-order chi connectivity index (χ1) is 19.1. The molecule has 0 aliphatic rings. The number of nitrogens with zero attached hydrogens (tertiary/aromatic N) is 4. The van der Waals surface area contributed by atoms with E-state index in [0.29, 0.717) is 43.7 Å². The summed E-state index contributed by atoms with van der Waals surface area (Å²) in [5, 5.41) is 23.5. The maximum absolute atomic E-state index is 13.7. The van der Waals surface area contributed by atoms with Crippen molar-refractivity contribution in [2.45, 2.75) is 13.8 Å². The van der Waals surface area contributed by atoms with Crippen molar-refractivity contribution in [3.05, 3.63) is 139 Å². The minimum absolute atomic E-state index is 0.129. The third-order valence-electron chi connectivity index (χ3n) is 5.63. The molecule has 0 aliphatic heterocycles. The highest BCUT2D eigenvalue weighted by Gasteiger charge is 2.16. The molecule has 0 heterocycles. The number of halogens is 2. The second-order valence-corrected chi connectivity index (χ2v) is 10.6. The van der Waals surface area contributed by atoms with Crippen LogP contribution in [0.2, 0.25) is 0 Å². The summed E-state index contributed by atoms with van der Waals surface area (Å²) < 4.78 is 27.4. The summed E-state index contributed by atoms with van der Waals surface area (Å²) in [5.74, 6) is -0.885. The lowest BCUT2D eigenvalue weighted by molar-refractivity contribution is -0.385. The van der Waals surface area contributed by atoms with Crippen molar-refractivity contribution < 1.29 is 18.6 Å². The zero-order valence-corrected chi connectivity index (χ0v) is 22.7. The van der Waals surface area contributed by atoms with Crippen molar-refractivity contribution in [1.82, 2.24) is 0 Å². The first-order valence-electron chi connectivity index (χ1n) is 11.6. The van der Waals surface area contributed by atoms with Crippen LogP contribution in [-0.2, 0) is 0 Å². The summed E-state index contributed by atoms with van der Waals surface area (Å²) in [4.78, 5) is 31.0. The predicted molar refractivity (Wildman–Crippen MR) is 156 cm³/mol. The van der Waals surface area contributed by atoms with Crippen molar-refractivity contribution in [3.8, 4) is 0 Å². The van der Waals surface area contributed by atoms with Crippen LogP contribution in [0.5, 0.6) is 0 Å². The van der Waals surface area contributed by atoms with E-state index in [1.165, 1.54) is 72.8 Å². The lowest BCUT2D eigenvalue weighted by Gasteiger charge is -2.11. The highest BCUT2D eigenvalue weighted by atomic mass is 33.1. The fraction of sp³-hybridized carbons (Fsp3) is 0.0714. The van der Waals surface area contributed by atoms with Crippen LogP contribution >= 0.6 is 21.6 Å². The largest absolute Gasteiger partial charge is 0.271 e. The van der Waals surface area contributed by atoms with E-state index in [4.69, 9.17) is 0 Å². The van der Waals surface area contributed by atoms with Crippen LogP contribution in [0.3, 0.4) is 0 Å². The molecule has 0 spiro atoms. The minimum Gasteiger partial charge on any atom is -0.258 e. The van der Waals surface area contributed by atoms with Crippen LogP contribution in [0.15, 0.2) is 94.9 Å². The summed E-state index contributed by atoms with van der Waals surface area (Å²) in [6.45, 7) is 3.53. The molecule has 0 radical (unpaired) electrons. The van der Waals surface area contributed by atoms with Gasteiger partial charge in [0.2, 0.25) is 0 Å². The van der Waals surface area contributed by atoms with E-state index < -0.39 is 21.5 Å². The van der Waals surface area contributed by atoms with Crippen molar-refractivity contribution in [1.29, 1.82) is 0 Å². The number of aliphatic imine (C=N–C) groups is 2. The van der Waals surface area contributed by atoms with Gasteiger partial charge >= 0.3 is 0 Å². The van der Waals surface area contributed by atoms with Gasteiger partial charge in [-0.15, -0.1) is 0 Å². The second kappa shape index (κ2) is 12.6. The van der Waals surface area contributed by atoms with Gasteiger partial charge in [-0.3, -0.25) is 20.2 Å². The Kier molecular flexibility index (Phi) is 9.02. The molecular formula is C28H20F2N4O4S2. The summed E-state index contributed by atoms with van der Waals surface area (Å²) in [5.41, 5.74) is 2.94. The van der Waals surface area contributed by atoms with E-state index in [-0.39, 0.29) is 11.4 Å². The monoisotopic (exact) mass is 578 g/mol. The zero-order valence-electron chi connectivity index (χ0n) is 21.1. The number of nitro benzene ring substituents is 2. The predicted octanol–water partition coefficient (Wildman–Crippen LogP) is 8.64. The fourth-order valence-corrected chi connectivity index (χ4v) is 5.58. The van der Waals surface area contributed by atoms with Crippen LogP contribution in [0.4, 0.5) is 31.5 Å². The Balaban J connectivity index is 1.79. The first kappa shape index (κ1) is 28.6. The minimum atomic E-state index is -0.515. The lowest BCUT2D eigenvalue weighted by atomic mass is 10.2. The number of rotatable bonds is 6. The molecule has 0 saturated carbocycles. The molecule has 12 heteroatoms. The highest BCUT2D eigenvalue weighted by molar-refractivity contribution is 8.87. The molecule has 0 aromatic heterocycles. The van der Waals surface area contributed by atoms with Crippen molar-refractivity contribution in [2.75, 3.05) is 0 Å². The van der Waals surface area contributed by atoms with E-state index in [9.17, 15) is 29.0 Å². The first-order valence-corrected chi connectivity index (χ1v) is 13.8. The van der Waals surface area contributed by atoms with Gasteiger partial charge in [-0.2, -0.15) is 0 Å². The topological polar surface area (TPSA) is 111 Å². The van der Waals surface area contributed by atoms with Gasteiger partial charge in [0.1, 0.15) is 21.7 Å². The van der Waals surface area contributed by atoms with E-state index in [1.807, 2.05) is 0 Å². The Labute approximate surface area is 235 Å². The molecule has 8 nitrogen and oxygen atoms in total. The standard InChI is InChI=1S/C28H20F2N4O4S2/c1-17-3-13-23(33(35)36)15-25(17)31-27(19-5-9-21(29)10-6-19)39-40-28(20-7-11-22(30)12-8-20)32-26-16-24(34(37)38)14-4-18(26)2/h3-16H,1-2H3. The third kappa shape index (κ3) is 7.16. The Morgan fingerprint density at radius 3 is 1.30 bits per heavy atom. The van der Waals surface area contributed by atoms with Gasteiger partial charge in [0.05, 0.1) is 21.2 Å². The van der Waals surface area contributed by atoms with Gasteiger partial charge in [-0.05, 0) is 95.1 Å². The third-order valence-corrected chi connectivity index (χ3v) is 7.88. The summed E-state index contributed by atoms with van der Waals surface area (Å²) >= 11 is 0. The van der Waals surface area contributed by atoms with Gasteiger partial charge < -0.3 is 0 Å². The number of benzene rings is 4. The van der Waals surface area contributed by atoms with E-state index in [0.717, 1.165) is 21.6 Å². The Morgan fingerprint density at radius 2 is 0.975 bits per heavy atom. The highest BCUT2D eigenvalue weighted by Crippen LogP contribution is 2.36. The van der Waals surface area contributed by atoms with Crippen LogP contribution in [0.25, 0.3) is 0 Å². The number of hydrogen-bond donors (Lipinski definition) is 0. The van der Waals surface area contributed by atoms with E-state index in [2.05, 4.69) is 9.98 Å². The van der Waals surface area contributed by atoms with E-state index >= 15 is 0 Å².